The van der Waals surface area contributed by atoms with Crippen LogP contribution in [0.3, 0.4) is 0 Å². The molecule has 0 spiro atoms. The number of hydrogen-bond acceptors (Lipinski definition) is 3. The molecule has 4 heteroatoms. The zero-order chi connectivity index (χ0) is 22.8. The zero-order valence-electron chi connectivity index (χ0n) is 20.5. The molecule has 4 saturated carbocycles. The van der Waals surface area contributed by atoms with E-state index in [1.54, 1.807) is 0 Å². The van der Waals surface area contributed by atoms with E-state index in [9.17, 15) is 15.3 Å². The Bertz CT molecular complexity index is 661. The van der Waals surface area contributed by atoms with E-state index in [0.29, 0.717) is 48.3 Å². The van der Waals surface area contributed by atoms with E-state index in [0.717, 1.165) is 31.6 Å². The fraction of sp³-hybridized carbons (Fsp3) is 1.00. The molecule has 4 rings (SSSR count). The molecule has 2 unspecified atom stereocenters. The van der Waals surface area contributed by atoms with Crippen molar-refractivity contribution >= 4 is 0 Å². The minimum atomic E-state index is -1.64. The highest BCUT2D eigenvalue weighted by molar-refractivity contribution is 5.17. The van der Waals surface area contributed by atoms with Gasteiger partial charge in [0.25, 0.3) is 0 Å². The van der Waals surface area contributed by atoms with E-state index in [2.05, 4.69) is 20.8 Å². The van der Waals surface area contributed by atoms with E-state index in [-0.39, 0.29) is 0 Å². The fourth-order valence-electron chi connectivity index (χ4n) is 9.27. The lowest BCUT2D eigenvalue weighted by Gasteiger charge is -2.64. The fourth-order valence-corrected chi connectivity index (χ4v) is 9.27. The summed E-state index contributed by atoms with van der Waals surface area (Å²) < 4.78 is 16.3. The molecular formula is C27H47FO3. The summed E-state index contributed by atoms with van der Waals surface area (Å²) in [6, 6.07) is 0. The van der Waals surface area contributed by atoms with Gasteiger partial charge in [0.1, 0.15) is 11.8 Å². The van der Waals surface area contributed by atoms with Crippen molar-refractivity contribution in [3.63, 3.8) is 0 Å². The second-order valence-electron chi connectivity index (χ2n) is 13.2. The van der Waals surface area contributed by atoms with Gasteiger partial charge >= 0.3 is 0 Å². The van der Waals surface area contributed by atoms with E-state index < -0.39 is 28.9 Å². The molecular weight excluding hydrogens is 391 g/mol. The molecule has 31 heavy (non-hydrogen) atoms. The summed E-state index contributed by atoms with van der Waals surface area (Å²) in [5.74, 6) is 2.95. The van der Waals surface area contributed by atoms with Crippen LogP contribution in [0.25, 0.3) is 0 Å². The standard InChI is InChI=1S/C27H47FO3/c1-17(7-6-13-24(2,3)31)19-8-9-20-18-10-16-27(28)23(30)22(29)12-15-26(27,5)21(18)11-14-25(19,20)4/h17-23,29-31H,6-16H2,1-5H3/t17-,18+,19-,20+,21+,22+,23?,25-,26-,27?/m1/s1. The molecule has 10 atom stereocenters. The number of rotatable bonds is 5. The predicted octanol–water partition coefficient (Wildman–Crippen LogP) is 5.65. The number of hydrogen-bond donors (Lipinski definition) is 3. The Hall–Kier alpha value is -0.190. The van der Waals surface area contributed by atoms with Crippen LogP contribution >= 0.6 is 0 Å². The summed E-state index contributed by atoms with van der Waals surface area (Å²) in [5.41, 5.74) is -2.38. The van der Waals surface area contributed by atoms with E-state index >= 15 is 4.39 Å². The van der Waals surface area contributed by atoms with Crippen LogP contribution in [-0.2, 0) is 0 Å². The lowest BCUT2D eigenvalue weighted by molar-refractivity contribution is -0.235. The quantitative estimate of drug-likeness (QED) is 0.520. The van der Waals surface area contributed by atoms with Crippen molar-refractivity contribution in [3.05, 3.63) is 0 Å². The smallest absolute Gasteiger partial charge is 0.144 e. The molecule has 0 radical (unpaired) electrons. The van der Waals surface area contributed by atoms with Crippen LogP contribution in [0.4, 0.5) is 4.39 Å². The molecule has 0 bridgehead atoms. The van der Waals surface area contributed by atoms with Crippen LogP contribution in [0.2, 0.25) is 0 Å². The van der Waals surface area contributed by atoms with Gasteiger partial charge in [0.15, 0.2) is 0 Å². The van der Waals surface area contributed by atoms with Crippen LogP contribution in [0.15, 0.2) is 0 Å². The highest BCUT2D eigenvalue weighted by Crippen LogP contribution is 2.70. The number of aliphatic hydroxyl groups is 3. The predicted molar refractivity (Wildman–Crippen MR) is 122 cm³/mol. The highest BCUT2D eigenvalue weighted by Gasteiger charge is 2.68. The average molecular weight is 439 g/mol. The van der Waals surface area contributed by atoms with Gasteiger partial charge in [-0.1, -0.05) is 33.6 Å². The molecule has 3 N–H and O–H groups in total. The number of alkyl halides is 1. The molecule has 0 aromatic rings. The maximum Gasteiger partial charge on any atom is 0.144 e. The SMILES string of the molecule is C[C@H](CCCC(C)(C)O)[C@H]1CC[C@H]2[C@@H]3CCC4(F)C(O)[C@@H](O)CC[C@]4(C)[C@H]3CC[C@]12C. The molecule has 0 heterocycles. The van der Waals surface area contributed by atoms with Gasteiger partial charge in [-0.3, -0.25) is 0 Å². The number of halogens is 1. The first-order valence-corrected chi connectivity index (χ1v) is 13.1. The maximum absolute atomic E-state index is 16.3. The average Bonchev–Trinajstić information content (AvgIpc) is 3.03. The van der Waals surface area contributed by atoms with Crippen molar-refractivity contribution in [2.24, 2.45) is 40.4 Å². The minimum absolute atomic E-state index is 0.329. The summed E-state index contributed by atoms with van der Waals surface area (Å²) in [4.78, 5) is 0. The van der Waals surface area contributed by atoms with Gasteiger partial charge < -0.3 is 15.3 Å². The van der Waals surface area contributed by atoms with Gasteiger partial charge in [0, 0.05) is 5.41 Å². The van der Waals surface area contributed by atoms with Crippen molar-refractivity contribution in [2.45, 2.75) is 129 Å². The Balaban J connectivity index is 1.49. The van der Waals surface area contributed by atoms with Gasteiger partial charge in [-0.15, -0.1) is 0 Å². The Labute approximate surface area is 189 Å². The van der Waals surface area contributed by atoms with Crippen molar-refractivity contribution in [2.75, 3.05) is 0 Å². The van der Waals surface area contributed by atoms with Gasteiger partial charge in [0.2, 0.25) is 0 Å². The highest BCUT2D eigenvalue weighted by atomic mass is 19.1. The molecule has 3 nitrogen and oxygen atoms in total. The normalized spacial score (nSPS) is 51.0. The second kappa shape index (κ2) is 7.94. The third kappa shape index (κ3) is 3.71. The van der Waals surface area contributed by atoms with Crippen LogP contribution in [-0.4, -0.2) is 38.8 Å². The Morgan fingerprint density at radius 3 is 2.35 bits per heavy atom. The molecule has 4 fully saturated rings. The molecule has 4 aliphatic rings. The largest absolute Gasteiger partial charge is 0.390 e. The first-order chi connectivity index (χ1) is 14.3. The van der Waals surface area contributed by atoms with Crippen LogP contribution in [0, 0.1) is 40.4 Å². The topological polar surface area (TPSA) is 60.7 Å². The lowest BCUT2D eigenvalue weighted by atomic mass is 9.43. The molecule has 0 aromatic heterocycles. The second-order valence-corrected chi connectivity index (χ2v) is 13.2. The summed E-state index contributed by atoms with van der Waals surface area (Å²) >= 11 is 0. The first-order valence-electron chi connectivity index (χ1n) is 13.1. The molecule has 0 aliphatic heterocycles. The van der Waals surface area contributed by atoms with Gasteiger partial charge in [0.05, 0.1) is 11.7 Å². The third-order valence-electron chi connectivity index (χ3n) is 11.0. The van der Waals surface area contributed by atoms with Crippen molar-refractivity contribution in [1.29, 1.82) is 0 Å². The van der Waals surface area contributed by atoms with Gasteiger partial charge in [-0.05, 0) is 107 Å². The molecule has 0 amide bonds. The number of fused-ring (bicyclic) bond motifs is 5. The third-order valence-corrected chi connectivity index (χ3v) is 11.0. The summed E-state index contributed by atoms with van der Waals surface area (Å²) in [6.07, 6.45) is 8.25. The van der Waals surface area contributed by atoms with Crippen molar-refractivity contribution in [1.82, 2.24) is 0 Å². The zero-order valence-corrected chi connectivity index (χ0v) is 20.5. The van der Waals surface area contributed by atoms with Gasteiger partial charge in [-0.25, -0.2) is 4.39 Å². The number of aliphatic hydroxyl groups excluding tert-OH is 2. The molecule has 4 aliphatic carbocycles. The Morgan fingerprint density at radius 1 is 0.968 bits per heavy atom. The molecule has 0 saturated heterocycles. The van der Waals surface area contributed by atoms with Crippen LogP contribution in [0.5, 0.6) is 0 Å². The first kappa shape index (κ1) is 24.0. The monoisotopic (exact) mass is 438 g/mol. The van der Waals surface area contributed by atoms with Crippen molar-refractivity contribution in [3.8, 4) is 0 Å². The Kier molecular flexibility index (Phi) is 6.14. The minimum Gasteiger partial charge on any atom is -0.390 e. The molecule has 0 aromatic carbocycles. The summed E-state index contributed by atoms with van der Waals surface area (Å²) in [6.45, 7) is 10.8. The van der Waals surface area contributed by atoms with Crippen LogP contribution < -0.4 is 0 Å². The van der Waals surface area contributed by atoms with Gasteiger partial charge in [-0.2, -0.15) is 0 Å². The summed E-state index contributed by atoms with van der Waals surface area (Å²) in [5, 5.41) is 30.9. The maximum atomic E-state index is 16.3. The van der Waals surface area contributed by atoms with E-state index in [1.807, 2.05) is 13.8 Å². The summed E-state index contributed by atoms with van der Waals surface area (Å²) in [7, 11) is 0. The lowest BCUT2D eigenvalue weighted by Crippen LogP contribution is -2.67. The van der Waals surface area contributed by atoms with Crippen molar-refractivity contribution < 1.29 is 19.7 Å². The Morgan fingerprint density at radius 2 is 1.68 bits per heavy atom. The van der Waals surface area contributed by atoms with E-state index in [1.165, 1.54) is 25.7 Å². The molecule has 180 valence electrons. The van der Waals surface area contributed by atoms with Crippen LogP contribution in [0.1, 0.15) is 105 Å². The van der Waals surface area contributed by atoms with E-state index in [4.69, 9.17) is 0 Å².